The van der Waals surface area contributed by atoms with E-state index in [1.807, 2.05) is 16.8 Å². The lowest BCUT2D eigenvalue weighted by molar-refractivity contribution is -0.116. The van der Waals surface area contributed by atoms with Crippen LogP contribution in [0.25, 0.3) is 92.2 Å². The number of anilines is 4. The van der Waals surface area contributed by atoms with Crippen molar-refractivity contribution in [1.82, 2.24) is 45.8 Å². The number of hydrogen-bond acceptors (Lipinski definition) is 13. The molecule has 16 rings (SSSR count). The molecule has 20 nitrogen and oxygen atoms in total. The maximum Gasteiger partial charge on any atom is 0.238 e. The summed E-state index contributed by atoms with van der Waals surface area (Å²) in [6, 6.07) is 45.9. The molecule has 0 aliphatic carbocycles. The van der Waals surface area contributed by atoms with Gasteiger partial charge < -0.3 is 36.5 Å². The highest BCUT2D eigenvalue weighted by molar-refractivity contribution is 7.08. The normalized spacial score (nSPS) is 11.7. The zero-order valence-electron chi connectivity index (χ0n) is 59.0. The maximum absolute atomic E-state index is 14.5. The molecule has 566 valence electrons. The van der Waals surface area contributed by atoms with E-state index in [4.69, 9.17) is 15.2 Å². The fourth-order valence-corrected chi connectivity index (χ4v) is 12.1. The van der Waals surface area contributed by atoms with Crippen molar-refractivity contribution in [3.8, 4) is 11.5 Å². The number of aromatic amines is 4. The van der Waals surface area contributed by atoms with Gasteiger partial charge in [0.1, 0.15) is 46.5 Å². The Bertz CT molecular complexity index is 6070. The molecule has 6 aromatic heterocycles. The van der Waals surface area contributed by atoms with Crippen LogP contribution in [0.15, 0.2) is 205 Å². The lowest BCUT2D eigenvalue weighted by atomic mass is 10.1. The summed E-state index contributed by atoms with van der Waals surface area (Å²) in [7, 11) is 0. The number of halogens is 8. The number of nitrogens with two attached hydrogens (primary N) is 1. The topological polar surface area (TPSA) is 288 Å². The molecule has 10 N–H and O–H groups in total. The number of fused-ring (bicyclic) bond motifs is 5. The van der Waals surface area contributed by atoms with Crippen LogP contribution in [-0.4, -0.2) is 82.7 Å². The van der Waals surface area contributed by atoms with Crippen LogP contribution >= 0.6 is 11.3 Å². The molecule has 0 atom stereocenters. The van der Waals surface area contributed by atoms with Crippen molar-refractivity contribution in [3.63, 3.8) is 0 Å². The molecule has 1 aliphatic heterocycles. The van der Waals surface area contributed by atoms with Gasteiger partial charge >= 0.3 is 0 Å². The van der Waals surface area contributed by atoms with Crippen LogP contribution in [0.3, 0.4) is 0 Å². The predicted octanol–water partition coefficient (Wildman–Crippen LogP) is 17.7. The summed E-state index contributed by atoms with van der Waals surface area (Å²) in [5.74, 6) is -3.75. The largest absolute Gasteiger partial charge is 0.454 e. The summed E-state index contributed by atoms with van der Waals surface area (Å²) in [4.78, 5) is 52.2. The lowest BCUT2D eigenvalue weighted by Gasteiger charge is -2.08. The van der Waals surface area contributed by atoms with Crippen molar-refractivity contribution in [1.29, 1.82) is 0 Å². The van der Waals surface area contributed by atoms with Gasteiger partial charge in [-0.25, -0.2) is 35.1 Å². The standard InChI is InChI=1S/C24H17F2N3O3.C22H16F2N4O.C21H15F2N3OS.C17H14F2N4O/c25-16-5-1-14(2-6-16)3-7-19-17-11-21(18(26)12-20(17)29-28-19)27-24(30)10-15-4-8-22-23(9-15)32-13-31-22;23-16-4-1-14(2-5-16)3-6-19-17-12-21(18(24)13-20(17)28-27-19)26-22(29)11-15-7-9-25-10-8-15;22-15-4-1-13(2-5-15)3-6-18-16-10-20(17(23)11-19(16)26-25-18)24-21(27)9-14-7-8-28-12-14;18-11-4-1-10(2-5-11)3-6-14-12-7-16(21-17(24)9-20)13(19)8-15(12)23-22-14/h1-9,11-12H,10,13H2,(H,27,30)(H,28,29);1-10,12-13H,11H2,(H,26,29)(H,27,28);1-8,10-12H,9H2,(H,24,27)(H,25,26);1-8H,9,20H2,(H,21,24)(H,22,23)/b7-3+;3*6-3+. The monoisotopic (exact) mass is 1550 g/mol. The van der Waals surface area contributed by atoms with Gasteiger partial charge in [0.05, 0.1) is 93.4 Å². The third-order valence-electron chi connectivity index (χ3n) is 17.1. The Kier molecular flexibility index (Phi) is 24.3. The number of benzene rings is 9. The molecule has 7 heterocycles. The summed E-state index contributed by atoms with van der Waals surface area (Å²) in [6.45, 7) is -0.0843. The number of rotatable bonds is 19. The molecule has 0 saturated carbocycles. The Labute approximate surface area is 640 Å². The first-order valence-corrected chi connectivity index (χ1v) is 35.4. The van der Waals surface area contributed by atoms with Crippen LogP contribution in [0.4, 0.5) is 57.9 Å². The molecule has 29 heteroatoms. The molecule has 1 aliphatic rings. The Morgan fingerprint density at radius 3 is 1.04 bits per heavy atom. The molecule has 4 amide bonds. The smallest absolute Gasteiger partial charge is 0.238 e. The Hall–Kier alpha value is -14.5. The first kappa shape index (κ1) is 76.7. The van der Waals surface area contributed by atoms with E-state index in [-0.39, 0.29) is 96.3 Å². The average molecular weight is 1550 g/mol. The van der Waals surface area contributed by atoms with E-state index in [9.17, 15) is 54.3 Å². The van der Waals surface area contributed by atoms with Crippen LogP contribution in [0.2, 0.25) is 0 Å². The van der Waals surface area contributed by atoms with Crippen molar-refractivity contribution < 1.29 is 63.8 Å². The van der Waals surface area contributed by atoms with Crippen molar-refractivity contribution in [2.75, 3.05) is 34.6 Å². The van der Waals surface area contributed by atoms with Crippen LogP contribution in [-0.2, 0) is 38.4 Å². The minimum atomic E-state index is -0.581. The Balaban J connectivity index is 0.000000132. The number of thiophene rings is 1. The van der Waals surface area contributed by atoms with Gasteiger partial charge in [-0.3, -0.25) is 44.6 Å². The van der Waals surface area contributed by atoms with Gasteiger partial charge in [0.25, 0.3) is 0 Å². The number of H-pyrrole nitrogens is 4. The quantitative estimate of drug-likeness (QED) is 0.0342. The lowest BCUT2D eigenvalue weighted by Crippen LogP contribution is -2.22. The summed E-state index contributed by atoms with van der Waals surface area (Å²) in [6.07, 6.45) is 17.6. The average Bonchev–Trinajstić information content (AvgIpc) is 1.69. The Morgan fingerprint density at radius 2 is 0.699 bits per heavy atom. The van der Waals surface area contributed by atoms with Crippen LogP contribution in [0.5, 0.6) is 11.5 Å². The molecule has 15 aromatic rings. The molecule has 0 bridgehead atoms. The summed E-state index contributed by atoms with van der Waals surface area (Å²) in [5.41, 5.74) is 15.4. The minimum absolute atomic E-state index is 0.0378. The fourth-order valence-electron chi connectivity index (χ4n) is 11.4. The van der Waals surface area contributed by atoms with Crippen molar-refractivity contribution in [2.45, 2.75) is 19.3 Å². The SMILES string of the molecule is NCC(=O)Nc1cc2c(/C=C/c3ccc(F)cc3)n[nH]c2cc1F.O=C(Cc1ccc2c(c1)OCO2)Nc1cc2c(/C=C/c3ccc(F)cc3)n[nH]c2cc1F.O=C(Cc1ccncc1)Nc1cc2c(/C=C/c3ccc(F)cc3)n[nH]c2cc1F.O=C(Cc1ccsc1)Nc1cc2c(/C=C/c3ccc(F)cc3)n[nH]c2cc1F. The molecule has 0 saturated heterocycles. The van der Waals surface area contributed by atoms with E-state index in [1.54, 1.807) is 152 Å². The number of aromatic nitrogens is 9. The third-order valence-corrected chi connectivity index (χ3v) is 17.8. The van der Waals surface area contributed by atoms with Crippen LogP contribution in [0.1, 0.15) is 61.7 Å². The van der Waals surface area contributed by atoms with E-state index in [0.29, 0.717) is 77.9 Å². The zero-order chi connectivity index (χ0) is 78.9. The number of hydrogen-bond donors (Lipinski definition) is 9. The molecule has 9 aromatic carbocycles. The highest BCUT2D eigenvalue weighted by Crippen LogP contribution is 2.34. The van der Waals surface area contributed by atoms with E-state index >= 15 is 0 Å². The van der Waals surface area contributed by atoms with Gasteiger partial charge in [-0.05, 0) is 177 Å². The first-order chi connectivity index (χ1) is 54.8. The van der Waals surface area contributed by atoms with E-state index < -0.39 is 29.2 Å². The van der Waals surface area contributed by atoms with Crippen LogP contribution in [0, 0.1) is 46.5 Å². The van der Waals surface area contributed by atoms with Gasteiger partial charge in [-0.2, -0.15) is 31.7 Å². The molecule has 0 spiro atoms. The summed E-state index contributed by atoms with van der Waals surface area (Å²) in [5, 5.41) is 44.4. The number of ether oxygens (including phenoxy) is 2. The molecule has 0 radical (unpaired) electrons. The number of pyridine rings is 1. The highest BCUT2D eigenvalue weighted by atomic mass is 32.1. The molecular weight excluding hydrogens is 1490 g/mol. The molecule has 113 heavy (non-hydrogen) atoms. The van der Waals surface area contributed by atoms with Crippen LogP contribution < -0.4 is 36.5 Å². The number of nitrogens with one attached hydrogen (secondary N) is 8. The van der Waals surface area contributed by atoms with E-state index in [1.165, 1.54) is 96.3 Å². The van der Waals surface area contributed by atoms with Gasteiger partial charge in [-0.15, -0.1) is 0 Å². The maximum atomic E-state index is 14.5. The molecule has 0 unspecified atom stereocenters. The number of carbonyl (C=O) groups is 4. The highest BCUT2D eigenvalue weighted by Gasteiger charge is 2.20. The zero-order valence-corrected chi connectivity index (χ0v) is 59.8. The van der Waals surface area contributed by atoms with E-state index in [0.717, 1.165) is 38.9 Å². The summed E-state index contributed by atoms with van der Waals surface area (Å²) >= 11 is 1.51. The minimum Gasteiger partial charge on any atom is -0.454 e. The fraction of sp³-hybridized carbons (Fsp3) is 0.0595. The number of nitrogens with zero attached hydrogens (tertiary/aromatic N) is 5. The molecular formula is C84H62F8N14O6S. The second kappa shape index (κ2) is 35.7. The van der Waals surface area contributed by atoms with E-state index in [2.05, 4.69) is 67.0 Å². The number of carbonyl (C=O) groups excluding carboxylic acids is 4. The van der Waals surface area contributed by atoms with Crippen molar-refractivity contribution >= 4 is 150 Å². The predicted molar refractivity (Wildman–Crippen MR) is 421 cm³/mol. The van der Waals surface area contributed by atoms with Gasteiger partial charge in [-0.1, -0.05) is 78.9 Å². The second-order valence-corrected chi connectivity index (χ2v) is 25.9. The summed E-state index contributed by atoms with van der Waals surface area (Å²) < 4.78 is 120. The number of amides is 4. The van der Waals surface area contributed by atoms with Crippen molar-refractivity contribution in [2.24, 2.45) is 5.73 Å². The first-order valence-electron chi connectivity index (χ1n) is 34.4. The van der Waals surface area contributed by atoms with Gasteiger partial charge in [0.2, 0.25) is 30.4 Å². The van der Waals surface area contributed by atoms with Gasteiger partial charge in [0, 0.05) is 58.2 Å². The molecule has 0 fully saturated rings. The Morgan fingerprint density at radius 1 is 0.372 bits per heavy atom. The second-order valence-electron chi connectivity index (χ2n) is 25.1. The van der Waals surface area contributed by atoms with Gasteiger partial charge in [0.15, 0.2) is 11.5 Å². The van der Waals surface area contributed by atoms with Crippen molar-refractivity contribution in [3.05, 3.63) is 313 Å². The third kappa shape index (κ3) is 20.3.